The summed E-state index contributed by atoms with van der Waals surface area (Å²) in [4.78, 5) is 23.7. The van der Waals surface area contributed by atoms with Crippen molar-refractivity contribution < 1.29 is 14.3 Å². The minimum absolute atomic E-state index is 0.203. The maximum Gasteiger partial charge on any atom is 0.306 e. The molecule has 0 radical (unpaired) electrons. The molecule has 25 heavy (non-hydrogen) atoms. The van der Waals surface area contributed by atoms with Gasteiger partial charge in [-0.3, -0.25) is 9.59 Å². The maximum atomic E-state index is 11.9. The molecule has 0 aromatic heterocycles. The number of hydrogen-bond donors (Lipinski definition) is 1. The van der Waals surface area contributed by atoms with E-state index in [0.717, 1.165) is 36.6 Å². The van der Waals surface area contributed by atoms with E-state index in [-0.39, 0.29) is 18.5 Å². The van der Waals surface area contributed by atoms with Gasteiger partial charge in [0.2, 0.25) is 0 Å². The van der Waals surface area contributed by atoms with Gasteiger partial charge < -0.3 is 10.1 Å². The number of fused-ring (bicyclic) bond motifs is 1. The van der Waals surface area contributed by atoms with Crippen molar-refractivity contribution in [2.24, 2.45) is 0 Å². The zero-order valence-electron chi connectivity index (χ0n) is 14.4. The van der Waals surface area contributed by atoms with E-state index in [0.29, 0.717) is 6.42 Å². The first-order chi connectivity index (χ1) is 12.2. The Morgan fingerprint density at radius 1 is 1.20 bits per heavy atom. The van der Waals surface area contributed by atoms with Crippen LogP contribution in [0, 0.1) is 0 Å². The zero-order valence-corrected chi connectivity index (χ0v) is 16.1. The van der Waals surface area contributed by atoms with Crippen LogP contribution in [0.4, 0.5) is 5.69 Å². The number of benzene rings is 1. The fraction of sp³-hybridized carbons (Fsp3) is 0.579. The third-order valence-corrected chi connectivity index (χ3v) is 7.64. The molecule has 6 heteroatoms. The Labute approximate surface area is 157 Å². The van der Waals surface area contributed by atoms with Crippen LogP contribution in [0.2, 0.25) is 0 Å². The number of hydrogen-bond acceptors (Lipinski definition) is 5. The van der Waals surface area contributed by atoms with Crippen LogP contribution >= 0.6 is 21.6 Å². The number of amides is 1. The number of carbonyl (C=O) groups is 2. The Bertz CT molecular complexity index is 615. The fourth-order valence-electron chi connectivity index (χ4n) is 3.27. The first kappa shape index (κ1) is 18.6. The van der Waals surface area contributed by atoms with E-state index in [1.165, 1.54) is 36.1 Å². The third kappa shape index (κ3) is 5.96. The Balaban J connectivity index is 1.29. The van der Waals surface area contributed by atoms with E-state index in [9.17, 15) is 9.59 Å². The van der Waals surface area contributed by atoms with E-state index in [1.54, 1.807) is 0 Å². The molecule has 1 aromatic rings. The molecule has 1 aliphatic heterocycles. The Morgan fingerprint density at radius 3 is 2.92 bits per heavy atom. The molecule has 0 bridgehead atoms. The Kier molecular flexibility index (Phi) is 7.11. The summed E-state index contributed by atoms with van der Waals surface area (Å²) in [6, 6.07) is 6.02. The number of nitrogens with one attached hydrogen (secondary N) is 1. The van der Waals surface area contributed by atoms with Gasteiger partial charge in [-0.25, -0.2) is 0 Å². The minimum atomic E-state index is -0.280. The van der Waals surface area contributed by atoms with E-state index in [2.05, 4.69) is 11.4 Å². The monoisotopic (exact) mass is 379 g/mol. The Morgan fingerprint density at radius 2 is 2.08 bits per heavy atom. The molecule has 2 aliphatic rings. The fourth-order valence-corrected chi connectivity index (χ4v) is 6.30. The number of carbonyl (C=O) groups excluding carboxylic acids is 2. The van der Waals surface area contributed by atoms with E-state index < -0.39 is 0 Å². The molecule has 1 aliphatic carbocycles. The van der Waals surface area contributed by atoms with Crippen LogP contribution in [0.15, 0.2) is 18.2 Å². The topological polar surface area (TPSA) is 55.4 Å². The summed E-state index contributed by atoms with van der Waals surface area (Å²) in [5, 5.41) is 3.56. The molecule has 1 atom stereocenters. The molecule has 0 unspecified atom stereocenters. The van der Waals surface area contributed by atoms with Gasteiger partial charge in [-0.05, 0) is 61.8 Å². The summed E-state index contributed by atoms with van der Waals surface area (Å²) in [6.45, 7) is -0.203. The van der Waals surface area contributed by atoms with Crippen molar-refractivity contribution in [3.8, 4) is 0 Å². The van der Waals surface area contributed by atoms with Crippen molar-refractivity contribution >= 4 is 39.2 Å². The van der Waals surface area contributed by atoms with Crippen molar-refractivity contribution in [3.05, 3.63) is 29.3 Å². The van der Waals surface area contributed by atoms with Gasteiger partial charge in [0, 0.05) is 23.1 Å². The molecule has 1 amide bonds. The lowest BCUT2D eigenvalue weighted by Crippen LogP contribution is -2.20. The van der Waals surface area contributed by atoms with Gasteiger partial charge in [-0.15, -0.1) is 0 Å². The van der Waals surface area contributed by atoms with E-state index in [4.69, 9.17) is 4.74 Å². The summed E-state index contributed by atoms with van der Waals surface area (Å²) in [5.41, 5.74) is 3.47. The molecule has 1 fully saturated rings. The smallest absolute Gasteiger partial charge is 0.306 e. The van der Waals surface area contributed by atoms with Gasteiger partial charge in [-0.2, -0.15) is 0 Å². The summed E-state index contributed by atoms with van der Waals surface area (Å²) in [6.07, 6.45) is 8.12. The number of rotatable bonds is 8. The molecule has 1 heterocycles. The highest BCUT2D eigenvalue weighted by Gasteiger charge is 2.16. The molecule has 136 valence electrons. The van der Waals surface area contributed by atoms with Gasteiger partial charge in [0.05, 0.1) is 0 Å². The Hall–Kier alpha value is -1.14. The van der Waals surface area contributed by atoms with Crippen LogP contribution < -0.4 is 5.32 Å². The molecule has 0 saturated carbocycles. The van der Waals surface area contributed by atoms with Crippen molar-refractivity contribution in [1.29, 1.82) is 0 Å². The summed E-state index contributed by atoms with van der Waals surface area (Å²) in [5.74, 6) is 0.694. The number of esters is 1. The number of ether oxygens (including phenoxy) is 1. The normalized spacial score (nSPS) is 18.8. The number of unbranched alkanes of at least 4 members (excludes halogenated alkanes) is 1. The highest BCUT2D eigenvalue weighted by atomic mass is 33.1. The third-order valence-electron chi connectivity index (χ3n) is 4.63. The van der Waals surface area contributed by atoms with Crippen LogP contribution in [0.1, 0.15) is 49.7 Å². The van der Waals surface area contributed by atoms with Gasteiger partial charge in [0.25, 0.3) is 5.91 Å². The first-order valence-electron chi connectivity index (χ1n) is 9.06. The predicted molar refractivity (Wildman–Crippen MR) is 105 cm³/mol. The van der Waals surface area contributed by atoms with Crippen LogP contribution in [0.3, 0.4) is 0 Å². The molecular weight excluding hydrogens is 354 g/mol. The minimum Gasteiger partial charge on any atom is -0.456 e. The molecule has 4 nitrogen and oxygen atoms in total. The second-order valence-electron chi connectivity index (χ2n) is 6.62. The second kappa shape index (κ2) is 9.53. The lowest BCUT2D eigenvalue weighted by molar-refractivity contribution is -0.147. The SMILES string of the molecule is O=C(COC(=O)CCCC[C@H]1CCSS1)Nc1ccc2c(c1)CCC2. The van der Waals surface area contributed by atoms with E-state index in [1.807, 2.05) is 33.7 Å². The van der Waals surface area contributed by atoms with Gasteiger partial charge in [-0.1, -0.05) is 34.1 Å². The first-order valence-corrected chi connectivity index (χ1v) is 11.4. The lowest BCUT2D eigenvalue weighted by Gasteiger charge is -2.09. The lowest BCUT2D eigenvalue weighted by atomic mass is 10.1. The maximum absolute atomic E-state index is 11.9. The highest BCUT2D eigenvalue weighted by Crippen LogP contribution is 2.39. The van der Waals surface area contributed by atoms with Crippen molar-refractivity contribution in [3.63, 3.8) is 0 Å². The second-order valence-corrected chi connectivity index (χ2v) is 9.41. The molecule has 0 spiro atoms. The van der Waals surface area contributed by atoms with Gasteiger partial charge in [0.15, 0.2) is 6.61 Å². The van der Waals surface area contributed by atoms with Crippen molar-refractivity contribution in [2.45, 2.75) is 56.6 Å². The molecule has 1 aromatic carbocycles. The summed E-state index contributed by atoms with van der Waals surface area (Å²) >= 11 is 0. The molecule has 1 saturated heterocycles. The standard InChI is InChI=1S/C19H25NO3S2/c21-18(20-16-9-8-14-4-3-5-15(14)12-16)13-23-19(22)7-2-1-6-17-10-11-24-25-17/h8-9,12,17H,1-7,10-11,13H2,(H,20,21)/t17-/m0/s1. The van der Waals surface area contributed by atoms with Crippen molar-refractivity contribution in [2.75, 3.05) is 17.7 Å². The predicted octanol–water partition coefficient (Wildman–Crippen LogP) is 4.37. The largest absolute Gasteiger partial charge is 0.456 e. The van der Waals surface area contributed by atoms with Crippen LogP contribution in [-0.4, -0.2) is 29.5 Å². The van der Waals surface area contributed by atoms with Crippen LogP contribution in [0.25, 0.3) is 0 Å². The summed E-state index contributed by atoms with van der Waals surface area (Å²) < 4.78 is 5.08. The van der Waals surface area contributed by atoms with Gasteiger partial charge in [0.1, 0.15) is 0 Å². The van der Waals surface area contributed by atoms with Crippen LogP contribution in [0.5, 0.6) is 0 Å². The highest BCUT2D eigenvalue weighted by molar-refractivity contribution is 8.77. The van der Waals surface area contributed by atoms with E-state index >= 15 is 0 Å². The molecule has 3 rings (SSSR count). The van der Waals surface area contributed by atoms with Crippen molar-refractivity contribution in [1.82, 2.24) is 0 Å². The molecular formula is C19H25NO3S2. The number of anilines is 1. The summed E-state index contributed by atoms with van der Waals surface area (Å²) in [7, 11) is 3.92. The average Bonchev–Trinajstić information content (AvgIpc) is 3.28. The zero-order chi connectivity index (χ0) is 17.5. The van der Waals surface area contributed by atoms with Gasteiger partial charge >= 0.3 is 5.97 Å². The average molecular weight is 380 g/mol. The molecule has 1 N–H and O–H groups in total. The van der Waals surface area contributed by atoms with Crippen LogP contribution in [-0.2, 0) is 27.2 Å². The quantitative estimate of drug-likeness (QED) is 0.413. The number of aryl methyl sites for hydroxylation is 2.